The maximum absolute atomic E-state index is 12.9. The van der Waals surface area contributed by atoms with Gasteiger partial charge in [-0.25, -0.2) is 4.98 Å². The van der Waals surface area contributed by atoms with Crippen LogP contribution in [0.1, 0.15) is 45.1 Å². The van der Waals surface area contributed by atoms with E-state index < -0.39 is 0 Å². The second kappa shape index (κ2) is 10.9. The molecule has 0 aliphatic carbocycles. The van der Waals surface area contributed by atoms with E-state index in [1.54, 1.807) is 48.8 Å². The molecular weight excluding hydrogens is 439 g/mol. The van der Waals surface area contributed by atoms with Gasteiger partial charge in [0.2, 0.25) is 0 Å². The average Bonchev–Trinajstić information content (AvgIpc) is 3.17. The van der Waals surface area contributed by atoms with E-state index in [1.807, 2.05) is 4.57 Å². The summed E-state index contributed by atoms with van der Waals surface area (Å²) in [4.78, 5) is 33.7. The summed E-state index contributed by atoms with van der Waals surface area (Å²) in [6.07, 6.45) is 6.34. The quantitative estimate of drug-likeness (QED) is 0.537. The number of hydrogen-bond acceptors (Lipinski definition) is 5. The number of anilines is 2. The molecule has 3 aromatic rings. The molecule has 4 rings (SSSR count). The van der Waals surface area contributed by atoms with Gasteiger partial charge in [-0.2, -0.15) is 0 Å². The number of hydrogen-bond donors (Lipinski definition) is 3. The highest BCUT2D eigenvalue weighted by atomic mass is 35.5. The number of fused-ring (bicyclic) bond motifs is 1. The van der Waals surface area contributed by atoms with Crippen molar-refractivity contribution >= 4 is 48.1 Å². The Bertz CT molecular complexity index is 1060. The van der Waals surface area contributed by atoms with E-state index in [0.717, 1.165) is 37.2 Å². The topological polar surface area (TPSA) is 115 Å². The first-order valence-electron chi connectivity index (χ1n) is 9.56. The highest BCUT2D eigenvalue weighted by Crippen LogP contribution is 2.21. The first-order valence-corrected chi connectivity index (χ1v) is 9.56. The molecule has 164 valence electrons. The van der Waals surface area contributed by atoms with E-state index in [0.29, 0.717) is 22.8 Å². The SMILES string of the molecule is Cl.Cl.NCc1cc(NC(=O)c2ccccn2)cc(C(=O)Nc2cnc3n2CCCC3)c1. The molecule has 1 aliphatic heterocycles. The fourth-order valence-corrected chi connectivity index (χ4v) is 3.41. The van der Waals surface area contributed by atoms with Crippen LogP contribution in [0, 0.1) is 0 Å². The zero-order chi connectivity index (χ0) is 20.2. The summed E-state index contributed by atoms with van der Waals surface area (Å²) in [7, 11) is 0. The largest absolute Gasteiger partial charge is 0.326 e. The van der Waals surface area contributed by atoms with Crippen LogP contribution in [-0.2, 0) is 19.5 Å². The molecule has 0 bridgehead atoms. The molecule has 2 aromatic heterocycles. The first kappa shape index (κ1) is 24.3. The van der Waals surface area contributed by atoms with Crippen molar-refractivity contribution in [3.05, 3.63) is 71.4 Å². The van der Waals surface area contributed by atoms with E-state index in [2.05, 4.69) is 20.6 Å². The molecule has 31 heavy (non-hydrogen) atoms. The Morgan fingerprint density at radius 2 is 1.87 bits per heavy atom. The number of rotatable bonds is 5. The predicted octanol–water partition coefficient (Wildman–Crippen LogP) is 3.42. The third kappa shape index (κ3) is 5.61. The van der Waals surface area contributed by atoms with Gasteiger partial charge in [-0.05, 0) is 48.7 Å². The third-order valence-corrected chi connectivity index (χ3v) is 4.86. The summed E-state index contributed by atoms with van der Waals surface area (Å²) in [6, 6.07) is 10.2. The summed E-state index contributed by atoms with van der Waals surface area (Å²) in [5.41, 5.74) is 7.72. The lowest BCUT2D eigenvalue weighted by molar-refractivity contribution is 0.101. The van der Waals surface area contributed by atoms with Gasteiger partial charge in [-0.3, -0.25) is 14.6 Å². The van der Waals surface area contributed by atoms with Crippen LogP contribution in [0.3, 0.4) is 0 Å². The summed E-state index contributed by atoms with van der Waals surface area (Å²) >= 11 is 0. The van der Waals surface area contributed by atoms with E-state index in [4.69, 9.17) is 5.73 Å². The number of carbonyl (C=O) groups excluding carboxylic acids is 2. The van der Waals surface area contributed by atoms with Gasteiger partial charge in [0.1, 0.15) is 17.3 Å². The molecule has 0 saturated carbocycles. The van der Waals surface area contributed by atoms with Crippen LogP contribution in [0.25, 0.3) is 0 Å². The summed E-state index contributed by atoms with van der Waals surface area (Å²) in [6.45, 7) is 1.09. The van der Waals surface area contributed by atoms with Gasteiger partial charge in [0.15, 0.2) is 0 Å². The lowest BCUT2D eigenvalue weighted by atomic mass is 10.1. The predicted molar refractivity (Wildman–Crippen MR) is 124 cm³/mol. The van der Waals surface area contributed by atoms with Gasteiger partial charge in [0.25, 0.3) is 11.8 Å². The molecule has 0 fully saturated rings. The molecule has 3 heterocycles. The number of aryl methyl sites for hydroxylation is 1. The molecule has 1 aliphatic rings. The number of imidazole rings is 1. The highest BCUT2D eigenvalue weighted by molar-refractivity contribution is 6.06. The van der Waals surface area contributed by atoms with E-state index in [1.165, 1.54) is 0 Å². The standard InChI is InChI=1S/C21H22N6O2.2ClH/c22-12-14-9-15(11-16(10-14)25-21(29)17-5-1-3-7-23-17)20(28)26-19-13-24-18-6-2-4-8-27(18)19;;/h1,3,5,7,9-11,13H,2,4,6,8,12,22H2,(H,25,29)(H,26,28);2*1H. The Morgan fingerprint density at radius 3 is 2.61 bits per heavy atom. The minimum Gasteiger partial charge on any atom is -0.326 e. The van der Waals surface area contributed by atoms with Crippen LogP contribution in [-0.4, -0.2) is 26.3 Å². The molecule has 1 aromatic carbocycles. The smallest absolute Gasteiger partial charge is 0.274 e. The average molecular weight is 463 g/mol. The molecule has 0 unspecified atom stereocenters. The van der Waals surface area contributed by atoms with Crippen molar-refractivity contribution in [3.8, 4) is 0 Å². The van der Waals surface area contributed by atoms with Crippen molar-refractivity contribution in [2.45, 2.75) is 32.4 Å². The second-order valence-corrected chi connectivity index (χ2v) is 6.91. The van der Waals surface area contributed by atoms with Crippen LogP contribution in [0.4, 0.5) is 11.5 Å². The lowest BCUT2D eigenvalue weighted by Crippen LogP contribution is -2.19. The van der Waals surface area contributed by atoms with Gasteiger partial charge in [-0.1, -0.05) is 6.07 Å². The maximum atomic E-state index is 12.9. The van der Waals surface area contributed by atoms with Crippen LogP contribution in [0.15, 0.2) is 48.8 Å². The van der Waals surface area contributed by atoms with E-state index >= 15 is 0 Å². The Balaban J connectivity index is 0.00000171. The second-order valence-electron chi connectivity index (χ2n) is 6.91. The van der Waals surface area contributed by atoms with Crippen LogP contribution in [0.5, 0.6) is 0 Å². The zero-order valence-electron chi connectivity index (χ0n) is 16.7. The lowest BCUT2D eigenvalue weighted by Gasteiger charge is -2.17. The van der Waals surface area contributed by atoms with Crippen molar-refractivity contribution in [2.75, 3.05) is 10.6 Å². The fourth-order valence-electron chi connectivity index (χ4n) is 3.41. The number of nitrogens with one attached hydrogen (secondary N) is 2. The number of benzene rings is 1. The van der Waals surface area contributed by atoms with Crippen molar-refractivity contribution < 1.29 is 9.59 Å². The van der Waals surface area contributed by atoms with E-state index in [9.17, 15) is 9.59 Å². The van der Waals surface area contributed by atoms with E-state index in [-0.39, 0.29) is 43.2 Å². The van der Waals surface area contributed by atoms with Crippen LogP contribution in [0.2, 0.25) is 0 Å². The fraction of sp³-hybridized carbons (Fsp3) is 0.238. The minimum absolute atomic E-state index is 0. The number of halogens is 2. The number of nitrogens with zero attached hydrogens (tertiary/aromatic N) is 3. The number of aromatic nitrogens is 3. The van der Waals surface area contributed by atoms with Gasteiger partial charge in [-0.15, -0.1) is 24.8 Å². The first-order chi connectivity index (χ1) is 14.1. The molecule has 0 atom stereocenters. The Labute approximate surface area is 192 Å². The normalized spacial score (nSPS) is 12.0. The van der Waals surface area contributed by atoms with Crippen LogP contribution >= 0.6 is 24.8 Å². The molecule has 0 radical (unpaired) electrons. The number of carbonyl (C=O) groups is 2. The highest BCUT2D eigenvalue weighted by Gasteiger charge is 2.17. The molecule has 2 amide bonds. The summed E-state index contributed by atoms with van der Waals surface area (Å²) < 4.78 is 2.04. The number of nitrogens with two attached hydrogens (primary N) is 1. The van der Waals surface area contributed by atoms with Crippen molar-refractivity contribution in [2.24, 2.45) is 5.73 Å². The van der Waals surface area contributed by atoms with Crippen molar-refractivity contribution in [1.82, 2.24) is 14.5 Å². The van der Waals surface area contributed by atoms with Gasteiger partial charge >= 0.3 is 0 Å². The Hall–Kier alpha value is -2.94. The molecule has 10 heteroatoms. The van der Waals surface area contributed by atoms with Crippen molar-refractivity contribution in [3.63, 3.8) is 0 Å². The van der Waals surface area contributed by atoms with Gasteiger partial charge < -0.3 is 20.9 Å². The maximum Gasteiger partial charge on any atom is 0.274 e. The van der Waals surface area contributed by atoms with Crippen LogP contribution < -0.4 is 16.4 Å². The number of pyridine rings is 1. The molecule has 0 saturated heterocycles. The third-order valence-electron chi connectivity index (χ3n) is 4.86. The number of amides is 2. The Morgan fingerprint density at radius 1 is 1.03 bits per heavy atom. The molecule has 8 nitrogen and oxygen atoms in total. The summed E-state index contributed by atoms with van der Waals surface area (Å²) in [5.74, 6) is 1.05. The Kier molecular flexibility index (Phi) is 8.56. The van der Waals surface area contributed by atoms with Gasteiger partial charge in [0.05, 0.1) is 6.20 Å². The molecular formula is C21H24Cl2N6O2. The summed E-state index contributed by atoms with van der Waals surface area (Å²) in [5, 5.41) is 5.71. The van der Waals surface area contributed by atoms with Crippen molar-refractivity contribution in [1.29, 1.82) is 0 Å². The zero-order valence-corrected chi connectivity index (χ0v) is 18.3. The molecule has 0 spiro atoms. The van der Waals surface area contributed by atoms with Gasteiger partial charge in [0, 0.05) is 37.0 Å². The monoisotopic (exact) mass is 462 g/mol. The minimum atomic E-state index is -0.351. The molecule has 4 N–H and O–H groups in total.